The van der Waals surface area contributed by atoms with E-state index >= 15 is 0 Å². The fourth-order valence-electron chi connectivity index (χ4n) is 2.84. The minimum atomic E-state index is 0.633. The van der Waals surface area contributed by atoms with Gasteiger partial charge in [0.15, 0.2) is 0 Å². The molecule has 2 heterocycles. The monoisotopic (exact) mass is 307 g/mol. The van der Waals surface area contributed by atoms with E-state index in [0.29, 0.717) is 5.56 Å². The highest BCUT2D eigenvalue weighted by atomic mass is 15.3. The SMILES string of the molecule is Cc1cc(Nc2cccc(C#N)c2)nc(N2CCCCCC2)n1. The molecule has 0 amide bonds. The van der Waals surface area contributed by atoms with Gasteiger partial charge in [-0.25, -0.2) is 4.98 Å². The number of aryl methyl sites for hydroxylation is 1. The molecule has 1 aromatic heterocycles. The number of aromatic nitrogens is 2. The second-order valence-electron chi connectivity index (χ2n) is 5.91. The molecule has 1 aromatic carbocycles. The summed E-state index contributed by atoms with van der Waals surface area (Å²) in [5, 5.41) is 12.3. The topological polar surface area (TPSA) is 64.8 Å². The molecule has 0 unspecified atom stereocenters. The molecule has 118 valence electrons. The van der Waals surface area contributed by atoms with Gasteiger partial charge in [0.2, 0.25) is 5.95 Å². The van der Waals surface area contributed by atoms with Crippen molar-refractivity contribution in [2.24, 2.45) is 0 Å². The lowest BCUT2D eigenvalue weighted by molar-refractivity contribution is 0.726. The number of anilines is 3. The Morgan fingerprint density at radius 3 is 2.61 bits per heavy atom. The zero-order valence-corrected chi connectivity index (χ0v) is 13.4. The first kappa shape index (κ1) is 15.3. The van der Waals surface area contributed by atoms with Gasteiger partial charge in [0, 0.05) is 30.5 Å². The molecule has 3 rings (SSSR count). The van der Waals surface area contributed by atoms with Crippen LogP contribution in [0.25, 0.3) is 0 Å². The highest BCUT2D eigenvalue weighted by Crippen LogP contribution is 2.21. The van der Waals surface area contributed by atoms with Crippen molar-refractivity contribution in [2.45, 2.75) is 32.6 Å². The van der Waals surface area contributed by atoms with Crippen LogP contribution in [-0.2, 0) is 0 Å². The van der Waals surface area contributed by atoms with Gasteiger partial charge in [-0.05, 0) is 38.0 Å². The predicted molar refractivity (Wildman–Crippen MR) is 91.9 cm³/mol. The lowest BCUT2D eigenvalue weighted by atomic mass is 10.2. The molecule has 1 fully saturated rings. The number of hydrogen-bond acceptors (Lipinski definition) is 5. The second kappa shape index (κ2) is 7.10. The van der Waals surface area contributed by atoms with E-state index in [9.17, 15) is 0 Å². The third-order valence-electron chi connectivity index (χ3n) is 4.00. The molecule has 1 aliphatic heterocycles. The van der Waals surface area contributed by atoms with Crippen molar-refractivity contribution in [1.82, 2.24) is 9.97 Å². The van der Waals surface area contributed by atoms with Gasteiger partial charge in [-0.15, -0.1) is 0 Å². The molecule has 2 aromatic rings. The number of rotatable bonds is 3. The van der Waals surface area contributed by atoms with Gasteiger partial charge in [0.05, 0.1) is 11.6 Å². The number of hydrogen-bond donors (Lipinski definition) is 1. The molecule has 1 N–H and O–H groups in total. The van der Waals surface area contributed by atoms with Crippen molar-refractivity contribution in [1.29, 1.82) is 5.26 Å². The first-order chi connectivity index (χ1) is 11.2. The standard InChI is InChI=1S/C18H21N5/c1-14-11-17(21-16-8-6-7-15(12-16)13-19)22-18(20-14)23-9-4-2-3-5-10-23/h6-8,11-12H,2-5,9-10H2,1H3,(H,20,21,22). The summed E-state index contributed by atoms with van der Waals surface area (Å²) in [6.07, 6.45) is 4.97. The van der Waals surface area contributed by atoms with Gasteiger partial charge in [0.1, 0.15) is 5.82 Å². The number of nitrogens with one attached hydrogen (secondary N) is 1. The van der Waals surface area contributed by atoms with Crippen LogP contribution < -0.4 is 10.2 Å². The van der Waals surface area contributed by atoms with Crippen LogP contribution in [0.5, 0.6) is 0 Å². The molecule has 0 aliphatic carbocycles. The molecule has 0 atom stereocenters. The highest BCUT2D eigenvalue weighted by Gasteiger charge is 2.13. The summed E-state index contributed by atoms with van der Waals surface area (Å²) in [4.78, 5) is 11.5. The highest BCUT2D eigenvalue weighted by molar-refractivity contribution is 5.59. The van der Waals surface area contributed by atoms with Crippen LogP contribution >= 0.6 is 0 Å². The summed E-state index contributed by atoms with van der Waals surface area (Å²) in [5.41, 5.74) is 2.44. The summed E-state index contributed by atoms with van der Waals surface area (Å²) < 4.78 is 0. The predicted octanol–water partition coefficient (Wildman–Crippen LogP) is 3.78. The largest absolute Gasteiger partial charge is 0.341 e. The third-order valence-corrected chi connectivity index (χ3v) is 4.00. The molecule has 0 bridgehead atoms. The van der Waals surface area contributed by atoms with Crippen LogP contribution in [0.1, 0.15) is 36.9 Å². The molecule has 5 heteroatoms. The molecular weight excluding hydrogens is 286 g/mol. The van der Waals surface area contributed by atoms with E-state index in [0.717, 1.165) is 36.2 Å². The second-order valence-corrected chi connectivity index (χ2v) is 5.91. The van der Waals surface area contributed by atoms with Crippen molar-refractivity contribution < 1.29 is 0 Å². The number of nitrogens with zero attached hydrogens (tertiary/aromatic N) is 4. The van der Waals surface area contributed by atoms with Crippen molar-refractivity contribution in [3.8, 4) is 6.07 Å². The van der Waals surface area contributed by atoms with Crippen molar-refractivity contribution in [3.05, 3.63) is 41.6 Å². The fraction of sp³-hybridized carbons (Fsp3) is 0.389. The molecule has 5 nitrogen and oxygen atoms in total. The Balaban J connectivity index is 1.83. The van der Waals surface area contributed by atoms with Gasteiger partial charge in [0.25, 0.3) is 0 Å². The fourth-order valence-corrected chi connectivity index (χ4v) is 2.84. The Bertz CT molecular complexity index is 712. The van der Waals surface area contributed by atoms with Crippen LogP contribution in [0.4, 0.5) is 17.5 Å². The Labute approximate surface area is 137 Å². The van der Waals surface area contributed by atoms with E-state index < -0.39 is 0 Å². The Morgan fingerprint density at radius 1 is 1.09 bits per heavy atom. The molecule has 1 saturated heterocycles. The molecule has 1 aliphatic rings. The molecular formula is C18H21N5. The summed E-state index contributed by atoms with van der Waals surface area (Å²) in [5.74, 6) is 1.57. The van der Waals surface area contributed by atoms with Gasteiger partial charge in [-0.2, -0.15) is 10.2 Å². The van der Waals surface area contributed by atoms with E-state index in [2.05, 4.69) is 26.3 Å². The van der Waals surface area contributed by atoms with Gasteiger partial charge >= 0.3 is 0 Å². The average Bonchev–Trinajstić information content (AvgIpc) is 2.84. The quantitative estimate of drug-likeness (QED) is 0.934. The maximum atomic E-state index is 9.00. The lowest BCUT2D eigenvalue weighted by Crippen LogP contribution is -2.26. The van der Waals surface area contributed by atoms with Crippen LogP contribution in [0.2, 0.25) is 0 Å². The van der Waals surface area contributed by atoms with Gasteiger partial charge < -0.3 is 10.2 Å². The smallest absolute Gasteiger partial charge is 0.227 e. The van der Waals surface area contributed by atoms with Crippen molar-refractivity contribution in [2.75, 3.05) is 23.3 Å². The normalized spacial score (nSPS) is 14.9. The maximum absolute atomic E-state index is 9.00. The zero-order chi connectivity index (χ0) is 16.1. The number of nitriles is 1. The lowest BCUT2D eigenvalue weighted by Gasteiger charge is -2.21. The first-order valence-electron chi connectivity index (χ1n) is 8.12. The van der Waals surface area contributed by atoms with E-state index in [-0.39, 0.29) is 0 Å². The van der Waals surface area contributed by atoms with Crippen LogP contribution in [0.15, 0.2) is 30.3 Å². The van der Waals surface area contributed by atoms with Crippen LogP contribution in [-0.4, -0.2) is 23.1 Å². The molecule has 0 spiro atoms. The van der Waals surface area contributed by atoms with E-state index in [1.54, 1.807) is 6.07 Å². The van der Waals surface area contributed by atoms with Crippen LogP contribution in [0.3, 0.4) is 0 Å². The minimum Gasteiger partial charge on any atom is -0.341 e. The Kier molecular flexibility index (Phi) is 4.72. The van der Waals surface area contributed by atoms with E-state index in [1.807, 2.05) is 31.2 Å². The Hall–Kier alpha value is -2.61. The average molecular weight is 307 g/mol. The third kappa shape index (κ3) is 3.98. The summed E-state index contributed by atoms with van der Waals surface area (Å²) >= 11 is 0. The van der Waals surface area contributed by atoms with Gasteiger partial charge in [-0.3, -0.25) is 0 Å². The molecule has 23 heavy (non-hydrogen) atoms. The molecule has 0 saturated carbocycles. The minimum absolute atomic E-state index is 0.633. The molecule has 0 radical (unpaired) electrons. The van der Waals surface area contributed by atoms with Gasteiger partial charge in [-0.1, -0.05) is 18.9 Å². The Morgan fingerprint density at radius 2 is 1.87 bits per heavy atom. The maximum Gasteiger partial charge on any atom is 0.227 e. The number of benzene rings is 1. The zero-order valence-electron chi connectivity index (χ0n) is 13.4. The van der Waals surface area contributed by atoms with Crippen LogP contribution in [0, 0.1) is 18.3 Å². The summed E-state index contributed by atoms with van der Waals surface area (Å²) in [6, 6.07) is 11.5. The van der Waals surface area contributed by atoms with Crippen molar-refractivity contribution in [3.63, 3.8) is 0 Å². The van der Waals surface area contributed by atoms with E-state index in [1.165, 1.54) is 25.7 Å². The van der Waals surface area contributed by atoms with E-state index in [4.69, 9.17) is 5.26 Å². The summed E-state index contributed by atoms with van der Waals surface area (Å²) in [7, 11) is 0. The van der Waals surface area contributed by atoms with Crippen molar-refractivity contribution >= 4 is 17.5 Å². The summed E-state index contributed by atoms with van der Waals surface area (Å²) in [6.45, 7) is 4.03. The first-order valence-corrected chi connectivity index (χ1v) is 8.12.